The van der Waals surface area contributed by atoms with Crippen LogP contribution in [-0.2, 0) is 16.0 Å². The number of hydrogen-bond donors (Lipinski definition) is 7. The molecule has 1 aromatic rings. The van der Waals surface area contributed by atoms with Gasteiger partial charge < -0.3 is 37.6 Å². The summed E-state index contributed by atoms with van der Waals surface area (Å²) in [4.78, 5) is 39.9. The molecule has 0 fully saturated rings. The van der Waals surface area contributed by atoms with Gasteiger partial charge in [-0.2, -0.15) is 0 Å². The van der Waals surface area contributed by atoms with Crippen molar-refractivity contribution in [3.8, 4) is 5.75 Å². The third-order valence-electron chi connectivity index (χ3n) is 6.79. The number of phenols is 1. The van der Waals surface area contributed by atoms with Crippen molar-refractivity contribution < 1.29 is 34.8 Å². The number of phenolic OH excluding ortho intramolecular Hbond substituents is 1. The van der Waals surface area contributed by atoms with E-state index in [9.17, 15) is 34.8 Å². The Morgan fingerprint density at radius 2 is 1.78 bits per heavy atom. The Kier molecular flexibility index (Phi) is 4.54. The molecule has 11 heteroatoms. The van der Waals surface area contributed by atoms with E-state index in [4.69, 9.17) is 17.2 Å². The van der Waals surface area contributed by atoms with Crippen LogP contribution in [0.3, 0.4) is 0 Å². The van der Waals surface area contributed by atoms with Crippen molar-refractivity contribution in [1.29, 1.82) is 0 Å². The third kappa shape index (κ3) is 2.52. The number of ketones is 2. The molecule has 11 nitrogen and oxygen atoms in total. The van der Waals surface area contributed by atoms with E-state index in [0.29, 0.717) is 5.56 Å². The van der Waals surface area contributed by atoms with Crippen molar-refractivity contribution in [1.82, 2.24) is 4.90 Å². The molecule has 0 bridgehead atoms. The molecule has 0 saturated carbocycles. The molecular weight excluding hydrogens is 420 g/mol. The minimum atomic E-state index is -2.67. The standard InChI is InChI=1S/C21H24N4O7/c1-25(2)14-8-4-6-3-7-9(22)5-10(23)15(26)12(7)16(27)11(6)18(29)21(8,32)19(30)13(17(14)28)20(24)31/h5-6,8,14,26,28-29,32H,3-4,22-23H2,1-2H3,(H2,24,31)/t6?,8?,14-,21-/m0/s1. The summed E-state index contributed by atoms with van der Waals surface area (Å²) >= 11 is 0. The zero-order chi connectivity index (χ0) is 23.9. The van der Waals surface area contributed by atoms with Crippen molar-refractivity contribution in [2.24, 2.45) is 17.6 Å². The van der Waals surface area contributed by atoms with Gasteiger partial charge in [0.25, 0.3) is 5.91 Å². The van der Waals surface area contributed by atoms with Gasteiger partial charge in [-0.3, -0.25) is 19.3 Å². The summed E-state index contributed by atoms with van der Waals surface area (Å²) in [5, 5.41) is 43.6. The summed E-state index contributed by atoms with van der Waals surface area (Å²) < 4.78 is 0. The lowest BCUT2D eigenvalue weighted by atomic mass is 9.58. The van der Waals surface area contributed by atoms with Crippen molar-refractivity contribution in [3.63, 3.8) is 0 Å². The average Bonchev–Trinajstić information content (AvgIpc) is 2.68. The van der Waals surface area contributed by atoms with Crippen LogP contribution in [0.4, 0.5) is 11.4 Å². The number of aliphatic hydroxyl groups is 3. The highest BCUT2D eigenvalue weighted by Gasteiger charge is 2.63. The fourth-order valence-corrected chi connectivity index (χ4v) is 5.37. The van der Waals surface area contributed by atoms with Gasteiger partial charge in [0.15, 0.2) is 11.4 Å². The number of nitrogens with zero attached hydrogens (tertiary/aromatic N) is 1. The second kappa shape index (κ2) is 6.71. The Labute approximate surface area is 182 Å². The molecule has 0 radical (unpaired) electrons. The predicted molar refractivity (Wildman–Crippen MR) is 112 cm³/mol. The maximum atomic E-state index is 13.3. The number of likely N-dealkylation sites (N-methyl/N-ethyl adjacent to an activating group) is 1. The van der Waals surface area contributed by atoms with E-state index in [1.807, 2.05) is 0 Å². The summed E-state index contributed by atoms with van der Waals surface area (Å²) in [6.07, 6.45) is 0.116. The van der Waals surface area contributed by atoms with E-state index in [0.717, 1.165) is 0 Å². The van der Waals surface area contributed by atoms with Gasteiger partial charge in [0, 0.05) is 17.2 Å². The number of carbonyl (C=O) groups excluding carboxylic acids is 3. The quantitative estimate of drug-likeness (QED) is 0.132. The smallest absolute Gasteiger partial charge is 0.255 e. The van der Waals surface area contributed by atoms with Crippen LogP contribution in [0.2, 0.25) is 0 Å². The molecule has 4 atom stereocenters. The molecular formula is C21H24N4O7. The number of anilines is 2. The maximum absolute atomic E-state index is 13.3. The van der Waals surface area contributed by atoms with Crippen molar-refractivity contribution in [2.75, 3.05) is 25.6 Å². The maximum Gasteiger partial charge on any atom is 0.255 e. The zero-order valence-electron chi connectivity index (χ0n) is 17.4. The molecule has 0 aromatic heterocycles. The number of amides is 1. The number of aromatic hydroxyl groups is 1. The van der Waals surface area contributed by atoms with Crippen molar-refractivity contribution >= 4 is 28.8 Å². The van der Waals surface area contributed by atoms with Crippen LogP contribution < -0.4 is 17.2 Å². The molecule has 0 heterocycles. The Hall–Kier alpha value is -3.57. The van der Waals surface area contributed by atoms with Crippen LogP contribution in [0.5, 0.6) is 5.75 Å². The molecule has 2 unspecified atom stereocenters. The third-order valence-corrected chi connectivity index (χ3v) is 6.79. The topological polar surface area (TPSA) is 213 Å². The minimum absolute atomic E-state index is 0.00363. The molecule has 170 valence electrons. The van der Waals surface area contributed by atoms with Crippen LogP contribution in [0.15, 0.2) is 28.7 Å². The van der Waals surface area contributed by atoms with Gasteiger partial charge in [-0.15, -0.1) is 0 Å². The van der Waals surface area contributed by atoms with Crippen LogP contribution in [-0.4, -0.2) is 68.5 Å². The number of benzene rings is 1. The van der Waals surface area contributed by atoms with Gasteiger partial charge in [0.1, 0.15) is 22.8 Å². The molecule has 10 N–H and O–H groups in total. The summed E-state index contributed by atoms with van der Waals surface area (Å²) in [5.41, 5.74) is 13.4. The number of aliphatic hydroxyl groups excluding tert-OH is 2. The van der Waals surface area contributed by atoms with Crippen molar-refractivity contribution in [3.05, 3.63) is 39.9 Å². The summed E-state index contributed by atoms with van der Waals surface area (Å²) in [6, 6.07) is 0.285. The predicted octanol–water partition coefficient (Wildman–Crippen LogP) is -0.715. The van der Waals surface area contributed by atoms with Gasteiger partial charge in [-0.25, -0.2) is 0 Å². The Morgan fingerprint density at radius 1 is 1.16 bits per heavy atom. The molecule has 4 rings (SSSR count). The number of Topliss-reactive ketones (excluding diaryl/α,β-unsaturated/α-hetero) is 2. The molecule has 1 aromatic carbocycles. The average molecular weight is 444 g/mol. The number of fused-ring (bicyclic) bond motifs is 3. The highest BCUT2D eigenvalue weighted by molar-refractivity contribution is 6.25. The molecule has 32 heavy (non-hydrogen) atoms. The largest absolute Gasteiger partial charge is 0.510 e. The second-order valence-corrected chi connectivity index (χ2v) is 8.72. The monoisotopic (exact) mass is 444 g/mol. The number of nitrogen functional groups attached to an aromatic ring is 2. The molecule has 1 amide bonds. The van der Waals surface area contributed by atoms with E-state index >= 15 is 0 Å². The molecule has 3 aliphatic rings. The molecule has 0 saturated heterocycles. The highest BCUT2D eigenvalue weighted by atomic mass is 16.3. The Balaban J connectivity index is 1.99. The highest BCUT2D eigenvalue weighted by Crippen LogP contribution is 2.53. The number of hydrogen-bond acceptors (Lipinski definition) is 10. The van der Waals surface area contributed by atoms with Crippen molar-refractivity contribution in [2.45, 2.75) is 24.5 Å². The van der Waals surface area contributed by atoms with Crippen LogP contribution in [0.25, 0.3) is 0 Å². The van der Waals surface area contributed by atoms with E-state index in [-0.39, 0.29) is 35.4 Å². The summed E-state index contributed by atoms with van der Waals surface area (Å²) in [6.45, 7) is 0. The minimum Gasteiger partial charge on any atom is -0.510 e. The first kappa shape index (κ1) is 21.7. The number of primary amides is 1. The number of rotatable bonds is 2. The van der Waals surface area contributed by atoms with Crippen LogP contribution in [0, 0.1) is 11.8 Å². The van der Waals surface area contributed by atoms with Gasteiger partial charge in [0.05, 0.1) is 17.3 Å². The van der Waals surface area contributed by atoms with Gasteiger partial charge in [-0.05, 0) is 44.5 Å². The second-order valence-electron chi connectivity index (χ2n) is 8.72. The van der Waals surface area contributed by atoms with Gasteiger partial charge in [-0.1, -0.05) is 0 Å². The lowest BCUT2D eigenvalue weighted by molar-refractivity contribution is -0.148. The van der Waals surface area contributed by atoms with E-state index < -0.39 is 63.8 Å². The summed E-state index contributed by atoms with van der Waals surface area (Å²) in [5.74, 6) is -7.21. The fraction of sp³-hybridized carbons (Fsp3) is 0.381. The van der Waals surface area contributed by atoms with E-state index in [2.05, 4.69) is 0 Å². The first-order valence-electron chi connectivity index (χ1n) is 9.88. The Morgan fingerprint density at radius 3 is 2.34 bits per heavy atom. The Bertz CT molecular complexity index is 1170. The zero-order valence-corrected chi connectivity index (χ0v) is 17.4. The SMILES string of the molecule is CN(C)[C@@H]1C(O)=C(C(N)=O)C(=O)[C@@]2(O)C(O)=C3C(=O)c4c(O)c(N)cc(N)c4CC3CC12. The number of carbonyl (C=O) groups is 3. The van der Waals surface area contributed by atoms with Gasteiger partial charge in [0.2, 0.25) is 5.78 Å². The molecule has 0 spiro atoms. The first-order chi connectivity index (χ1) is 14.8. The fourth-order valence-electron chi connectivity index (χ4n) is 5.37. The lowest BCUT2D eigenvalue weighted by Crippen LogP contribution is -2.63. The van der Waals surface area contributed by atoms with Crippen LogP contribution in [0.1, 0.15) is 22.3 Å². The normalized spacial score (nSPS) is 29.7. The van der Waals surface area contributed by atoms with E-state index in [1.54, 1.807) is 14.1 Å². The van der Waals surface area contributed by atoms with Crippen LogP contribution >= 0.6 is 0 Å². The lowest BCUT2D eigenvalue weighted by Gasteiger charge is -2.50. The molecule has 0 aliphatic heterocycles. The van der Waals surface area contributed by atoms with Gasteiger partial charge >= 0.3 is 0 Å². The summed E-state index contributed by atoms with van der Waals surface area (Å²) in [7, 11) is 3.12. The molecule has 3 aliphatic carbocycles. The number of nitrogens with two attached hydrogens (primary N) is 3. The number of allylic oxidation sites excluding steroid dienone is 1. The van der Waals surface area contributed by atoms with E-state index in [1.165, 1.54) is 11.0 Å². The first-order valence-corrected chi connectivity index (χ1v) is 9.88.